The fourth-order valence-electron chi connectivity index (χ4n) is 2.65. The van der Waals surface area contributed by atoms with E-state index in [1.54, 1.807) is 6.20 Å². The van der Waals surface area contributed by atoms with E-state index in [1.165, 1.54) is 0 Å². The van der Waals surface area contributed by atoms with Crippen LogP contribution in [0.2, 0.25) is 0 Å². The van der Waals surface area contributed by atoms with Crippen molar-refractivity contribution in [2.45, 2.75) is 13.3 Å². The molecule has 4 nitrogen and oxygen atoms in total. The highest BCUT2D eigenvalue weighted by Crippen LogP contribution is 2.22. The number of rotatable bonds is 5. The summed E-state index contributed by atoms with van der Waals surface area (Å²) in [5, 5.41) is 2.90. The Bertz CT molecular complexity index is 845. The molecule has 0 unspecified atom stereocenters. The van der Waals surface area contributed by atoms with Gasteiger partial charge in [0, 0.05) is 12.7 Å². The van der Waals surface area contributed by atoms with Crippen molar-refractivity contribution in [2.75, 3.05) is 17.3 Å². The minimum Gasteiger partial charge on any atom is -0.329 e. The SMILES string of the molecule is Cc1cccc(CC(=O)Nc2ccc(N(C)c3ccccc3)nc2)c1. The Kier molecular flexibility index (Phi) is 5.09. The van der Waals surface area contributed by atoms with Gasteiger partial charge in [-0.05, 0) is 36.8 Å². The van der Waals surface area contributed by atoms with Crippen LogP contribution in [0.15, 0.2) is 72.9 Å². The van der Waals surface area contributed by atoms with Crippen LogP contribution in [0.1, 0.15) is 11.1 Å². The summed E-state index contributed by atoms with van der Waals surface area (Å²) in [6, 6.07) is 21.8. The van der Waals surface area contributed by atoms with Crippen molar-refractivity contribution in [1.29, 1.82) is 0 Å². The van der Waals surface area contributed by atoms with Crippen LogP contribution in [-0.4, -0.2) is 17.9 Å². The van der Waals surface area contributed by atoms with Crippen molar-refractivity contribution in [3.05, 3.63) is 84.1 Å². The second-order valence-corrected chi connectivity index (χ2v) is 6.01. The summed E-state index contributed by atoms with van der Waals surface area (Å²) in [6.45, 7) is 2.02. The average molecular weight is 331 g/mol. The Balaban J connectivity index is 1.63. The van der Waals surface area contributed by atoms with Crippen molar-refractivity contribution < 1.29 is 4.79 Å². The maximum absolute atomic E-state index is 12.2. The Morgan fingerprint density at radius 2 is 1.84 bits per heavy atom. The smallest absolute Gasteiger partial charge is 0.228 e. The molecule has 0 atom stereocenters. The molecule has 1 heterocycles. The van der Waals surface area contributed by atoms with Crippen LogP contribution in [0, 0.1) is 6.92 Å². The van der Waals surface area contributed by atoms with E-state index in [-0.39, 0.29) is 5.91 Å². The fraction of sp³-hybridized carbons (Fsp3) is 0.143. The molecule has 1 amide bonds. The highest BCUT2D eigenvalue weighted by Gasteiger charge is 2.07. The maximum atomic E-state index is 12.2. The summed E-state index contributed by atoms with van der Waals surface area (Å²) < 4.78 is 0. The van der Waals surface area contributed by atoms with E-state index in [1.807, 2.05) is 85.6 Å². The van der Waals surface area contributed by atoms with Crippen LogP contribution in [0.5, 0.6) is 0 Å². The molecule has 0 fully saturated rings. The minimum absolute atomic E-state index is 0.0448. The van der Waals surface area contributed by atoms with E-state index >= 15 is 0 Å². The van der Waals surface area contributed by atoms with E-state index in [0.717, 1.165) is 22.6 Å². The van der Waals surface area contributed by atoms with Gasteiger partial charge in [-0.1, -0.05) is 48.0 Å². The second-order valence-electron chi connectivity index (χ2n) is 6.01. The number of para-hydroxylation sites is 1. The Morgan fingerprint density at radius 1 is 1.04 bits per heavy atom. The normalized spacial score (nSPS) is 10.3. The standard InChI is InChI=1S/C21H21N3O/c1-16-7-6-8-17(13-16)14-21(25)23-18-11-12-20(22-15-18)24(2)19-9-4-3-5-10-19/h3-13,15H,14H2,1-2H3,(H,23,25). The number of pyridine rings is 1. The lowest BCUT2D eigenvalue weighted by Crippen LogP contribution is -2.15. The number of anilines is 3. The lowest BCUT2D eigenvalue weighted by molar-refractivity contribution is -0.115. The lowest BCUT2D eigenvalue weighted by Gasteiger charge is -2.18. The quantitative estimate of drug-likeness (QED) is 0.756. The van der Waals surface area contributed by atoms with Gasteiger partial charge in [0.1, 0.15) is 5.82 Å². The molecule has 3 rings (SSSR count). The largest absolute Gasteiger partial charge is 0.329 e. The highest BCUT2D eigenvalue weighted by molar-refractivity contribution is 5.92. The summed E-state index contributed by atoms with van der Waals surface area (Å²) in [7, 11) is 1.97. The number of hydrogen-bond acceptors (Lipinski definition) is 3. The van der Waals surface area contributed by atoms with E-state index in [9.17, 15) is 4.79 Å². The molecular weight excluding hydrogens is 310 g/mol. The highest BCUT2D eigenvalue weighted by atomic mass is 16.1. The van der Waals surface area contributed by atoms with Gasteiger partial charge in [0.25, 0.3) is 0 Å². The number of hydrogen-bond donors (Lipinski definition) is 1. The van der Waals surface area contributed by atoms with Gasteiger partial charge < -0.3 is 10.2 Å². The predicted molar refractivity (Wildman–Crippen MR) is 102 cm³/mol. The first kappa shape index (κ1) is 16.7. The molecule has 0 aliphatic carbocycles. The van der Waals surface area contributed by atoms with Crippen LogP contribution >= 0.6 is 0 Å². The molecule has 0 radical (unpaired) electrons. The Labute approximate surface area is 148 Å². The first-order chi connectivity index (χ1) is 12.1. The predicted octanol–water partition coefficient (Wildman–Crippen LogP) is 4.34. The zero-order chi connectivity index (χ0) is 17.6. The summed E-state index contributed by atoms with van der Waals surface area (Å²) in [5.74, 6) is 0.777. The van der Waals surface area contributed by atoms with E-state index in [0.29, 0.717) is 12.1 Å². The third kappa shape index (κ3) is 4.44. The van der Waals surface area contributed by atoms with Crippen LogP contribution in [-0.2, 0) is 11.2 Å². The molecule has 25 heavy (non-hydrogen) atoms. The van der Waals surface area contributed by atoms with Gasteiger partial charge in [0.15, 0.2) is 0 Å². The summed E-state index contributed by atoms with van der Waals surface area (Å²) >= 11 is 0. The monoisotopic (exact) mass is 331 g/mol. The molecule has 1 aromatic heterocycles. The van der Waals surface area contributed by atoms with E-state index < -0.39 is 0 Å². The zero-order valence-corrected chi connectivity index (χ0v) is 14.4. The van der Waals surface area contributed by atoms with Gasteiger partial charge >= 0.3 is 0 Å². The number of carbonyl (C=O) groups excluding carboxylic acids is 1. The number of carbonyl (C=O) groups is 1. The maximum Gasteiger partial charge on any atom is 0.228 e. The number of aromatic nitrogens is 1. The summed E-state index contributed by atoms with van der Waals surface area (Å²) in [4.78, 5) is 18.6. The Hall–Kier alpha value is -3.14. The first-order valence-electron chi connectivity index (χ1n) is 8.22. The van der Waals surface area contributed by atoms with Crippen molar-refractivity contribution in [3.8, 4) is 0 Å². The molecule has 3 aromatic rings. The molecule has 0 saturated heterocycles. The number of nitrogens with one attached hydrogen (secondary N) is 1. The lowest BCUT2D eigenvalue weighted by atomic mass is 10.1. The van der Waals surface area contributed by atoms with E-state index in [4.69, 9.17) is 0 Å². The van der Waals surface area contributed by atoms with Crippen LogP contribution < -0.4 is 10.2 Å². The van der Waals surface area contributed by atoms with Crippen molar-refractivity contribution in [3.63, 3.8) is 0 Å². The molecular formula is C21H21N3O. The number of benzene rings is 2. The van der Waals surface area contributed by atoms with Gasteiger partial charge in [-0.25, -0.2) is 4.98 Å². The fourth-order valence-corrected chi connectivity index (χ4v) is 2.65. The molecule has 0 saturated carbocycles. The van der Waals surface area contributed by atoms with Crippen molar-refractivity contribution >= 4 is 23.1 Å². The molecule has 0 bridgehead atoms. The van der Waals surface area contributed by atoms with Crippen LogP contribution in [0.4, 0.5) is 17.2 Å². The zero-order valence-electron chi connectivity index (χ0n) is 14.4. The van der Waals surface area contributed by atoms with Gasteiger partial charge in [-0.15, -0.1) is 0 Å². The van der Waals surface area contributed by atoms with Crippen LogP contribution in [0.25, 0.3) is 0 Å². The first-order valence-corrected chi connectivity index (χ1v) is 8.22. The van der Waals surface area contributed by atoms with Gasteiger partial charge in [0.05, 0.1) is 18.3 Å². The molecule has 126 valence electrons. The molecule has 0 aliphatic rings. The van der Waals surface area contributed by atoms with Gasteiger partial charge in [-0.3, -0.25) is 4.79 Å². The number of aryl methyl sites for hydroxylation is 1. The molecule has 2 aromatic carbocycles. The topological polar surface area (TPSA) is 45.2 Å². The second kappa shape index (κ2) is 7.62. The molecule has 0 spiro atoms. The summed E-state index contributed by atoms with van der Waals surface area (Å²) in [6.07, 6.45) is 2.04. The number of nitrogens with zero attached hydrogens (tertiary/aromatic N) is 2. The van der Waals surface area contributed by atoms with Crippen LogP contribution in [0.3, 0.4) is 0 Å². The number of amides is 1. The van der Waals surface area contributed by atoms with Crippen molar-refractivity contribution in [1.82, 2.24) is 4.98 Å². The van der Waals surface area contributed by atoms with Gasteiger partial charge in [0.2, 0.25) is 5.91 Å². The van der Waals surface area contributed by atoms with E-state index in [2.05, 4.69) is 10.3 Å². The van der Waals surface area contributed by atoms with Crippen molar-refractivity contribution in [2.24, 2.45) is 0 Å². The molecule has 1 N–H and O–H groups in total. The van der Waals surface area contributed by atoms with Gasteiger partial charge in [-0.2, -0.15) is 0 Å². The Morgan fingerprint density at radius 3 is 2.52 bits per heavy atom. The minimum atomic E-state index is -0.0448. The molecule has 4 heteroatoms. The molecule has 0 aliphatic heterocycles. The third-order valence-corrected chi connectivity index (χ3v) is 3.97. The summed E-state index contributed by atoms with van der Waals surface area (Å²) in [5.41, 5.74) is 3.92. The third-order valence-electron chi connectivity index (χ3n) is 3.97. The average Bonchev–Trinajstić information content (AvgIpc) is 2.62.